The van der Waals surface area contributed by atoms with Gasteiger partial charge in [-0.15, -0.1) is 0 Å². The Morgan fingerprint density at radius 3 is 2.88 bits per heavy atom. The largest absolute Gasteiger partial charge is 0.347 e. The molecule has 25 heavy (non-hydrogen) atoms. The number of aryl methyl sites for hydroxylation is 1. The van der Waals surface area contributed by atoms with Gasteiger partial charge in [-0.2, -0.15) is 0 Å². The van der Waals surface area contributed by atoms with Crippen molar-refractivity contribution in [2.45, 2.75) is 41.1 Å². The lowest BCUT2D eigenvalue weighted by atomic mass is 9.99. The van der Waals surface area contributed by atoms with E-state index in [0.29, 0.717) is 22.0 Å². The molecule has 5 heteroatoms. The minimum atomic E-state index is -1.27. The van der Waals surface area contributed by atoms with Crippen molar-refractivity contribution in [2.75, 3.05) is 0 Å². The topological polar surface area (TPSA) is 34.0 Å². The third-order valence-electron chi connectivity index (χ3n) is 5.61. The number of halogens is 1. The molecule has 1 fully saturated rings. The molecule has 0 saturated carbocycles. The van der Waals surface area contributed by atoms with Crippen LogP contribution in [0.1, 0.15) is 30.1 Å². The van der Waals surface area contributed by atoms with E-state index < -0.39 is 10.8 Å². The monoisotopic (exact) mass is 370 g/mol. The predicted molar refractivity (Wildman–Crippen MR) is 102 cm³/mol. The van der Waals surface area contributed by atoms with Gasteiger partial charge >= 0.3 is 0 Å². The first kappa shape index (κ1) is 15.6. The molecule has 3 heterocycles. The molecule has 1 N–H and O–H groups in total. The van der Waals surface area contributed by atoms with Gasteiger partial charge < -0.3 is 9.88 Å². The Labute approximate surface area is 154 Å². The van der Waals surface area contributed by atoms with Gasteiger partial charge in [0.25, 0.3) is 0 Å². The van der Waals surface area contributed by atoms with Crippen molar-refractivity contribution in [3.05, 3.63) is 58.7 Å². The van der Waals surface area contributed by atoms with E-state index in [1.54, 1.807) is 6.07 Å². The maximum Gasteiger partial charge on any atom is 0.0865 e. The van der Waals surface area contributed by atoms with Gasteiger partial charge in [-0.05, 0) is 48.7 Å². The van der Waals surface area contributed by atoms with Gasteiger partial charge in [0.05, 0.1) is 20.7 Å². The van der Waals surface area contributed by atoms with Crippen molar-refractivity contribution in [1.29, 1.82) is 0 Å². The molecule has 5 rings (SSSR count). The smallest absolute Gasteiger partial charge is 0.0865 e. The van der Waals surface area contributed by atoms with Crippen molar-refractivity contribution in [3.8, 4) is 0 Å². The zero-order chi connectivity index (χ0) is 17.1. The van der Waals surface area contributed by atoms with Crippen LogP contribution < -0.4 is 5.32 Å². The Morgan fingerprint density at radius 1 is 1.20 bits per heavy atom. The van der Waals surface area contributed by atoms with Crippen molar-refractivity contribution >= 4 is 33.3 Å². The fourth-order valence-electron chi connectivity index (χ4n) is 4.42. The predicted octanol–water partition coefficient (Wildman–Crippen LogP) is 4.35. The second kappa shape index (κ2) is 5.70. The van der Waals surface area contributed by atoms with E-state index in [9.17, 15) is 4.21 Å². The Bertz CT molecular complexity index is 1030. The molecule has 0 aliphatic carbocycles. The number of nitrogens with zero attached hydrogens (tertiary/aromatic N) is 1. The summed E-state index contributed by atoms with van der Waals surface area (Å²) in [5.41, 5.74) is 4.06. The highest BCUT2D eigenvalue weighted by atomic mass is 35.5. The van der Waals surface area contributed by atoms with Crippen molar-refractivity contribution in [3.63, 3.8) is 0 Å². The molecule has 2 aliphatic heterocycles. The summed E-state index contributed by atoms with van der Waals surface area (Å²) in [6.07, 6.45) is 3.51. The molecular formula is C20H19ClN2OS. The highest BCUT2D eigenvalue weighted by Gasteiger charge is 2.35. The summed E-state index contributed by atoms with van der Waals surface area (Å²) < 4.78 is 15.4. The quantitative estimate of drug-likeness (QED) is 0.727. The summed E-state index contributed by atoms with van der Waals surface area (Å²) in [5, 5.41) is 5.51. The fourth-order valence-corrected chi connectivity index (χ4v) is 5.88. The van der Waals surface area contributed by atoms with Crippen LogP contribution in [0, 0.1) is 0 Å². The summed E-state index contributed by atoms with van der Waals surface area (Å²) in [5.74, 6) is 0. The second-order valence-corrected chi connectivity index (χ2v) is 8.85. The van der Waals surface area contributed by atoms with E-state index in [4.69, 9.17) is 11.6 Å². The van der Waals surface area contributed by atoms with Crippen molar-refractivity contribution in [2.24, 2.45) is 7.05 Å². The third kappa shape index (κ3) is 2.31. The molecule has 3 aromatic rings. The molecule has 0 spiro atoms. The van der Waals surface area contributed by atoms with Crippen molar-refractivity contribution < 1.29 is 4.21 Å². The highest BCUT2D eigenvalue weighted by Crippen LogP contribution is 2.42. The minimum absolute atomic E-state index is 0.432. The molecule has 2 aliphatic rings. The first-order valence-electron chi connectivity index (χ1n) is 8.67. The van der Waals surface area contributed by atoms with Crippen LogP contribution in [0.2, 0.25) is 5.02 Å². The molecule has 0 amide bonds. The van der Waals surface area contributed by atoms with Crippen LogP contribution in [0.5, 0.6) is 0 Å². The number of aromatic nitrogens is 1. The Kier molecular flexibility index (Phi) is 3.56. The molecule has 2 aromatic carbocycles. The minimum Gasteiger partial charge on any atom is -0.347 e. The molecule has 128 valence electrons. The van der Waals surface area contributed by atoms with Crippen LogP contribution in [0.3, 0.4) is 0 Å². The lowest BCUT2D eigenvalue weighted by molar-refractivity contribution is 0.503. The van der Waals surface area contributed by atoms with E-state index in [1.165, 1.54) is 35.0 Å². The maximum absolute atomic E-state index is 13.0. The average Bonchev–Trinajstić information content (AvgIpc) is 3.14. The molecule has 3 nitrogen and oxygen atoms in total. The van der Waals surface area contributed by atoms with E-state index in [1.807, 2.05) is 24.3 Å². The Morgan fingerprint density at radius 2 is 2.04 bits per heavy atom. The van der Waals surface area contributed by atoms with Crippen LogP contribution in [0.4, 0.5) is 0 Å². The average molecular weight is 371 g/mol. The number of nitrogens with one attached hydrogen (secondary N) is 1. The summed E-state index contributed by atoms with van der Waals surface area (Å²) >= 11 is 6.25. The van der Waals surface area contributed by atoms with Gasteiger partial charge in [0.15, 0.2) is 0 Å². The molecule has 3 atom stereocenters. The van der Waals surface area contributed by atoms with Crippen LogP contribution in [0.15, 0.2) is 52.3 Å². The van der Waals surface area contributed by atoms with Crippen LogP contribution in [-0.2, 0) is 24.3 Å². The molecule has 0 radical (unpaired) electrons. The maximum atomic E-state index is 13.0. The Hall–Kier alpha value is -1.62. The van der Waals surface area contributed by atoms with Gasteiger partial charge in [-0.1, -0.05) is 23.7 Å². The highest BCUT2D eigenvalue weighted by molar-refractivity contribution is 7.85. The summed E-state index contributed by atoms with van der Waals surface area (Å²) in [6.45, 7) is 0. The van der Waals surface area contributed by atoms with E-state index in [2.05, 4.69) is 29.1 Å². The SMILES string of the molecule is Cn1c2c(c3cc(S(=O)c4ccccc4Cl)ccc31)C1CCC(C2)N1. The molecule has 2 bridgehead atoms. The molecule has 1 aromatic heterocycles. The lowest BCUT2D eigenvalue weighted by Gasteiger charge is -2.23. The van der Waals surface area contributed by atoms with E-state index >= 15 is 0 Å². The zero-order valence-electron chi connectivity index (χ0n) is 14.0. The number of fused-ring (bicyclic) bond motifs is 6. The van der Waals surface area contributed by atoms with E-state index in [-0.39, 0.29) is 0 Å². The Balaban J connectivity index is 1.68. The second-order valence-electron chi connectivity index (χ2n) is 7.00. The summed E-state index contributed by atoms with van der Waals surface area (Å²) in [4.78, 5) is 1.49. The normalized spacial score (nSPS) is 23.0. The number of hydrogen-bond donors (Lipinski definition) is 1. The van der Waals surface area contributed by atoms with Gasteiger partial charge in [0.1, 0.15) is 0 Å². The number of rotatable bonds is 2. The standard InChI is InChI=1S/C20H19ClN2OS/c1-23-17-9-7-13(25(24)19-5-3-2-4-15(19)21)11-14(17)20-16-8-6-12(22-16)10-18(20)23/h2-5,7,9,11-12,16,22H,6,8,10H2,1H3. The first-order chi connectivity index (χ1) is 12.1. The van der Waals surface area contributed by atoms with Crippen LogP contribution >= 0.6 is 11.6 Å². The number of benzene rings is 2. The lowest BCUT2D eigenvalue weighted by Crippen LogP contribution is -2.32. The third-order valence-corrected chi connectivity index (χ3v) is 7.49. The molecule has 1 saturated heterocycles. The fraction of sp³-hybridized carbons (Fsp3) is 0.300. The van der Waals surface area contributed by atoms with Gasteiger partial charge in [-0.3, -0.25) is 0 Å². The number of hydrogen-bond acceptors (Lipinski definition) is 2. The molecular weight excluding hydrogens is 352 g/mol. The van der Waals surface area contributed by atoms with Crippen LogP contribution in [-0.4, -0.2) is 14.8 Å². The van der Waals surface area contributed by atoms with Gasteiger partial charge in [0.2, 0.25) is 0 Å². The summed E-state index contributed by atoms with van der Waals surface area (Å²) in [6, 6.07) is 14.6. The zero-order valence-corrected chi connectivity index (χ0v) is 15.5. The molecule has 3 unspecified atom stereocenters. The van der Waals surface area contributed by atoms with E-state index in [0.717, 1.165) is 11.3 Å². The van der Waals surface area contributed by atoms with Crippen LogP contribution in [0.25, 0.3) is 10.9 Å². The summed E-state index contributed by atoms with van der Waals surface area (Å²) in [7, 11) is 0.879. The van der Waals surface area contributed by atoms with Gasteiger partial charge in [-0.25, -0.2) is 4.21 Å². The van der Waals surface area contributed by atoms with Gasteiger partial charge in [0, 0.05) is 47.0 Å². The van der Waals surface area contributed by atoms with Crippen molar-refractivity contribution in [1.82, 2.24) is 9.88 Å². The first-order valence-corrected chi connectivity index (χ1v) is 10.2.